The predicted octanol–water partition coefficient (Wildman–Crippen LogP) is 3.22. The summed E-state index contributed by atoms with van der Waals surface area (Å²) in [5, 5.41) is 9.61. The van der Waals surface area contributed by atoms with Gasteiger partial charge in [-0.15, -0.1) is 0 Å². The van der Waals surface area contributed by atoms with Crippen LogP contribution in [-0.4, -0.2) is 14.7 Å². The van der Waals surface area contributed by atoms with Crippen molar-refractivity contribution in [1.29, 1.82) is 0 Å². The van der Waals surface area contributed by atoms with E-state index in [0.29, 0.717) is 17.4 Å². The van der Waals surface area contributed by atoms with Gasteiger partial charge in [0.25, 0.3) is 0 Å². The van der Waals surface area contributed by atoms with E-state index in [4.69, 9.17) is 5.73 Å². The minimum Gasteiger partial charge on any atom is -0.399 e. The Morgan fingerprint density at radius 1 is 1.19 bits per heavy atom. The molecule has 0 aliphatic heterocycles. The maximum Gasteiger partial charge on any atom is 0.140 e. The fraction of sp³-hybridized carbons (Fsp3) is 0.235. The molecule has 4 heteroatoms. The van der Waals surface area contributed by atoms with Crippen LogP contribution < -0.4 is 5.73 Å². The normalized spacial score (nSPS) is 11.4. The molecule has 0 saturated heterocycles. The Bertz CT molecular complexity index is 790. The highest BCUT2D eigenvalue weighted by Gasteiger charge is 2.12. The average molecular weight is 281 g/mol. The lowest BCUT2D eigenvalue weighted by atomic mass is 10.0. The molecule has 3 aromatic rings. The van der Waals surface area contributed by atoms with E-state index in [1.54, 1.807) is 0 Å². The number of aliphatic hydroxyl groups is 1. The lowest BCUT2D eigenvalue weighted by molar-refractivity contribution is 0.270. The van der Waals surface area contributed by atoms with Gasteiger partial charge in [-0.1, -0.05) is 26.0 Å². The smallest absolute Gasteiger partial charge is 0.140 e. The number of nitrogens with two attached hydrogens (primary N) is 1. The van der Waals surface area contributed by atoms with Crippen molar-refractivity contribution in [3.05, 3.63) is 53.9 Å². The van der Waals surface area contributed by atoms with Crippen molar-refractivity contribution in [1.82, 2.24) is 9.55 Å². The maximum absolute atomic E-state index is 9.61. The highest BCUT2D eigenvalue weighted by molar-refractivity contribution is 5.81. The molecule has 0 atom stereocenters. The van der Waals surface area contributed by atoms with Crippen LogP contribution in [0.15, 0.2) is 42.5 Å². The van der Waals surface area contributed by atoms with Crippen LogP contribution in [0, 0.1) is 0 Å². The number of fused-ring (bicyclic) bond motifs is 1. The van der Waals surface area contributed by atoms with Crippen molar-refractivity contribution in [3.63, 3.8) is 0 Å². The quantitative estimate of drug-likeness (QED) is 0.724. The van der Waals surface area contributed by atoms with Gasteiger partial charge in [0.2, 0.25) is 0 Å². The highest BCUT2D eigenvalue weighted by Crippen LogP contribution is 2.25. The number of anilines is 1. The van der Waals surface area contributed by atoms with Crippen molar-refractivity contribution >= 4 is 16.7 Å². The number of rotatable bonds is 3. The average Bonchev–Trinajstić information content (AvgIpc) is 2.84. The number of hydrogen-bond donors (Lipinski definition) is 2. The molecule has 1 heterocycles. The predicted molar refractivity (Wildman–Crippen MR) is 85.5 cm³/mol. The van der Waals surface area contributed by atoms with Gasteiger partial charge >= 0.3 is 0 Å². The number of hydrogen-bond acceptors (Lipinski definition) is 3. The van der Waals surface area contributed by atoms with Crippen LogP contribution in [0.1, 0.15) is 31.2 Å². The number of imidazole rings is 1. The molecule has 3 N–H and O–H groups in total. The lowest BCUT2D eigenvalue weighted by Gasteiger charge is -2.11. The summed E-state index contributed by atoms with van der Waals surface area (Å²) in [5.41, 5.74) is 10.5. The Kier molecular flexibility index (Phi) is 3.39. The van der Waals surface area contributed by atoms with Gasteiger partial charge in [0.05, 0.1) is 11.0 Å². The molecule has 3 rings (SSSR count). The zero-order valence-corrected chi connectivity index (χ0v) is 12.2. The second-order valence-corrected chi connectivity index (χ2v) is 5.52. The zero-order chi connectivity index (χ0) is 15.0. The summed E-state index contributed by atoms with van der Waals surface area (Å²) in [4.78, 5) is 4.48. The first-order chi connectivity index (χ1) is 10.1. The number of nitrogen functional groups attached to an aromatic ring is 1. The summed E-state index contributed by atoms with van der Waals surface area (Å²) in [6, 6.07) is 14.0. The minimum atomic E-state index is -0.111. The van der Waals surface area contributed by atoms with E-state index in [1.807, 2.05) is 34.9 Å². The van der Waals surface area contributed by atoms with Gasteiger partial charge in [0, 0.05) is 11.4 Å². The van der Waals surface area contributed by atoms with Crippen molar-refractivity contribution in [2.45, 2.75) is 26.4 Å². The Hall–Kier alpha value is -2.33. The van der Waals surface area contributed by atoms with Crippen molar-refractivity contribution < 1.29 is 5.11 Å². The van der Waals surface area contributed by atoms with Gasteiger partial charge in [-0.05, 0) is 41.8 Å². The van der Waals surface area contributed by atoms with E-state index < -0.39 is 0 Å². The van der Waals surface area contributed by atoms with Gasteiger partial charge < -0.3 is 10.8 Å². The second-order valence-electron chi connectivity index (χ2n) is 5.52. The largest absolute Gasteiger partial charge is 0.399 e. The highest BCUT2D eigenvalue weighted by atomic mass is 16.3. The van der Waals surface area contributed by atoms with E-state index in [2.05, 4.69) is 31.0 Å². The van der Waals surface area contributed by atoms with Crippen LogP contribution in [0.3, 0.4) is 0 Å². The van der Waals surface area contributed by atoms with Crippen LogP contribution in [-0.2, 0) is 6.61 Å². The van der Waals surface area contributed by atoms with Crippen LogP contribution in [0.25, 0.3) is 16.7 Å². The van der Waals surface area contributed by atoms with Crippen molar-refractivity contribution in [3.8, 4) is 5.69 Å². The summed E-state index contributed by atoms with van der Waals surface area (Å²) in [7, 11) is 0. The number of nitrogens with zero attached hydrogens (tertiary/aromatic N) is 2. The van der Waals surface area contributed by atoms with Gasteiger partial charge in [0.1, 0.15) is 12.4 Å². The summed E-state index contributed by atoms with van der Waals surface area (Å²) in [6.07, 6.45) is 0. The lowest BCUT2D eigenvalue weighted by Crippen LogP contribution is -2.02. The molecule has 0 aliphatic rings. The van der Waals surface area contributed by atoms with Crippen LogP contribution in [0.5, 0.6) is 0 Å². The topological polar surface area (TPSA) is 64.1 Å². The SMILES string of the molecule is CC(C)c1cccc(-n2c(CO)nc3cc(N)ccc32)c1. The molecule has 0 fully saturated rings. The minimum absolute atomic E-state index is 0.111. The summed E-state index contributed by atoms with van der Waals surface area (Å²) in [5.74, 6) is 1.07. The molecule has 0 spiro atoms. The Morgan fingerprint density at radius 3 is 2.71 bits per heavy atom. The Morgan fingerprint density at radius 2 is 2.00 bits per heavy atom. The fourth-order valence-electron chi connectivity index (χ4n) is 2.56. The molecule has 1 aromatic heterocycles. The number of aliphatic hydroxyl groups excluding tert-OH is 1. The number of aromatic nitrogens is 2. The first kappa shape index (κ1) is 13.6. The molecule has 108 valence electrons. The van der Waals surface area contributed by atoms with Gasteiger partial charge in [-0.2, -0.15) is 0 Å². The first-order valence-corrected chi connectivity index (χ1v) is 7.08. The summed E-state index contributed by atoms with van der Waals surface area (Å²) in [6.45, 7) is 4.22. The van der Waals surface area contributed by atoms with Crippen LogP contribution >= 0.6 is 0 Å². The number of benzene rings is 2. The first-order valence-electron chi connectivity index (χ1n) is 7.08. The molecule has 21 heavy (non-hydrogen) atoms. The van der Waals surface area contributed by atoms with Crippen LogP contribution in [0.4, 0.5) is 5.69 Å². The Balaban J connectivity index is 2.25. The monoisotopic (exact) mass is 281 g/mol. The fourth-order valence-corrected chi connectivity index (χ4v) is 2.56. The third-order valence-corrected chi connectivity index (χ3v) is 3.68. The van der Waals surface area contributed by atoms with Crippen molar-refractivity contribution in [2.24, 2.45) is 0 Å². The van der Waals surface area contributed by atoms with Crippen molar-refractivity contribution in [2.75, 3.05) is 5.73 Å². The van der Waals surface area contributed by atoms with Crippen LogP contribution in [0.2, 0.25) is 0 Å². The third-order valence-electron chi connectivity index (χ3n) is 3.68. The van der Waals surface area contributed by atoms with E-state index in [0.717, 1.165) is 16.7 Å². The Labute approximate surface area is 123 Å². The second kappa shape index (κ2) is 5.22. The van der Waals surface area contributed by atoms with E-state index >= 15 is 0 Å². The molecule has 0 saturated carbocycles. The molecular weight excluding hydrogens is 262 g/mol. The van der Waals surface area contributed by atoms with E-state index in [1.165, 1.54) is 5.56 Å². The standard InChI is InChI=1S/C17H19N3O/c1-11(2)12-4-3-5-14(8-12)20-16-7-6-13(18)9-15(16)19-17(20)10-21/h3-9,11,21H,10,18H2,1-2H3. The molecule has 0 amide bonds. The molecule has 4 nitrogen and oxygen atoms in total. The molecule has 0 aliphatic carbocycles. The third kappa shape index (κ3) is 2.38. The maximum atomic E-state index is 9.61. The summed E-state index contributed by atoms with van der Waals surface area (Å²) >= 11 is 0. The summed E-state index contributed by atoms with van der Waals surface area (Å²) < 4.78 is 1.99. The van der Waals surface area contributed by atoms with Gasteiger partial charge in [-0.25, -0.2) is 4.98 Å². The van der Waals surface area contributed by atoms with Gasteiger partial charge in [-0.3, -0.25) is 4.57 Å². The molecular formula is C17H19N3O. The van der Waals surface area contributed by atoms with E-state index in [9.17, 15) is 5.11 Å². The van der Waals surface area contributed by atoms with E-state index in [-0.39, 0.29) is 6.61 Å². The zero-order valence-electron chi connectivity index (χ0n) is 12.2. The molecule has 2 aromatic carbocycles. The molecule has 0 radical (unpaired) electrons. The van der Waals surface area contributed by atoms with Gasteiger partial charge in [0.15, 0.2) is 0 Å². The molecule has 0 bridgehead atoms. The molecule has 0 unspecified atom stereocenters.